The van der Waals surface area contributed by atoms with Gasteiger partial charge in [-0.25, -0.2) is 9.18 Å². The molecule has 0 spiro atoms. The summed E-state index contributed by atoms with van der Waals surface area (Å²) in [6.07, 6.45) is 1.22. The van der Waals surface area contributed by atoms with Gasteiger partial charge in [0.15, 0.2) is 6.10 Å². The van der Waals surface area contributed by atoms with E-state index in [4.69, 9.17) is 15.2 Å². The Bertz CT molecular complexity index is 791. The predicted octanol–water partition coefficient (Wildman–Crippen LogP) is 2.18. The lowest BCUT2D eigenvalue weighted by Crippen LogP contribution is -2.28. The first-order valence-corrected chi connectivity index (χ1v) is 8.41. The van der Waals surface area contributed by atoms with Gasteiger partial charge in [-0.2, -0.15) is 0 Å². The number of hydrogen-bond donors (Lipinski definition) is 1. The number of nitrogens with two attached hydrogens (primary N) is 1. The molecule has 2 aliphatic rings. The second-order valence-corrected chi connectivity index (χ2v) is 6.40. The minimum Gasteiger partial charge on any atom is -0.471 e. The third kappa shape index (κ3) is 4.09. The lowest BCUT2D eigenvalue weighted by Gasteiger charge is -2.20. The van der Waals surface area contributed by atoms with E-state index in [0.717, 1.165) is 13.0 Å². The Morgan fingerprint density at radius 3 is 2.85 bits per heavy atom. The van der Waals surface area contributed by atoms with Gasteiger partial charge in [-0.1, -0.05) is 0 Å². The van der Waals surface area contributed by atoms with Crippen molar-refractivity contribution in [3.63, 3.8) is 0 Å². The van der Waals surface area contributed by atoms with Crippen LogP contribution in [0.25, 0.3) is 0 Å². The highest BCUT2D eigenvalue weighted by atomic mass is 35.5. The molecule has 1 aromatic carbocycles. The standard InChI is InChI=1S/C17H19FN4O4.ClH/c18-14-7-12(1-2-15(14)21-5-3-11(19)8-21)22-9-13(26-17(22)23)10-24-16-4-6-25-20-16;/h1-2,4,6-7,11,13H,3,5,8-10,19H2;1H/t11-,13?;/m1./s1. The first kappa shape index (κ1) is 19.2. The molecule has 10 heteroatoms. The number of nitrogens with zero attached hydrogens (tertiary/aromatic N) is 3. The number of halogens is 2. The minimum absolute atomic E-state index is 0. The molecule has 1 unspecified atom stereocenters. The Labute approximate surface area is 161 Å². The summed E-state index contributed by atoms with van der Waals surface area (Å²) in [5, 5.41) is 3.62. The number of hydrogen-bond acceptors (Lipinski definition) is 7. The molecule has 27 heavy (non-hydrogen) atoms. The Hall–Kier alpha value is -2.52. The fourth-order valence-corrected chi connectivity index (χ4v) is 3.20. The summed E-state index contributed by atoms with van der Waals surface area (Å²) in [6.45, 7) is 1.76. The molecule has 3 heterocycles. The third-order valence-corrected chi connectivity index (χ3v) is 4.51. The second kappa shape index (κ2) is 8.01. The van der Waals surface area contributed by atoms with Crippen molar-refractivity contribution in [1.82, 2.24) is 5.16 Å². The van der Waals surface area contributed by atoms with Crippen LogP contribution in [0.1, 0.15) is 6.42 Å². The maximum atomic E-state index is 14.5. The van der Waals surface area contributed by atoms with E-state index in [9.17, 15) is 9.18 Å². The van der Waals surface area contributed by atoms with Crippen molar-refractivity contribution in [3.05, 3.63) is 36.3 Å². The van der Waals surface area contributed by atoms with Gasteiger partial charge < -0.3 is 24.6 Å². The van der Waals surface area contributed by atoms with Gasteiger partial charge in [-0.05, 0) is 29.8 Å². The highest BCUT2D eigenvalue weighted by molar-refractivity contribution is 5.90. The van der Waals surface area contributed by atoms with Crippen LogP contribution in [0.15, 0.2) is 35.1 Å². The Morgan fingerprint density at radius 1 is 1.33 bits per heavy atom. The van der Waals surface area contributed by atoms with Crippen LogP contribution in [-0.4, -0.2) is 49.6 Å². The van der Waals surface area contributed by atoms with Gasteiger partial charge in [0.25, 0.3) is 5.88 Å². The molecule has 8 nitrogen and oxygen atoms in total. The maximum Gasteiger partial charge on any atom is 0.414 e. The zero-order chi connectivity index (χ0) is 18.1. The first-order chi connectivity index (χ1) is 12.6. The molecule has 146 valence electrons. The number of cyclic esters (lactones) is 1. The van der Waals surface area contributed by atoms with Crippen molar-refractivity contribution in [3.8, 4) is 5.88 Å². The summed E-state index contributed by atoms with van der Waals surface area (Å²) >= 11 is 0. The van der Waals surface area contributed by atoms with Crippen LogP contribution in [0.4, 0.5) is 20.6 Å². The smallest absolute Gasteiger partial charge is 0.414 e. The van der Waals surface area contributed by atoms with E-state index in [1.807, 2.05) is 4.90 Å². The molecule has 0 bridgehead atoms. The Kier molecular flexibility index (Phi) is 5.71. The molecule has 2 atom stereocenters. The molecule has 2 fully saturated rings. The minimum atomic E-state index is -0.533. The van der Waals surface area contributed by atoms with E-state index in [-0.39, 0.29) is 37.4 Å². The number of ether oxygens (including phenoxy) is 2. The SMILES string of the molecule is Cl.N[C@@H]1CCN(c2ccc(N3CC(COc4ccon4)OC3=O)cc2F)C1. The number of benzene rings is 1. The number of aromatic nitrogens is 1. The molecule has 2 N–H and O–H groups in total. The van der Waals surface area contributed by atoms with Gasteiger partial charge in [0.05, 0.1) is 17.9 Å². The van der Waals surface area contributed by atoms with Crippen molar-refractivity contribution in [2.24, 2.45) is 5.73 Å². The highest BCUT2D eigenvalue weighted by Crippen LogP contribution is 2.29. The zero-order valence-electron chi connectivity index (χ0n) is 14.4. The maximum absolute atomic E-state index is 14.5. The molecule has 2 aliphatic heterocycles. The molecule has 1 aromatic heterocycles. The normalized spacial score (nSPS) is 21.9. The molecule has 0 saturated carbocycles. The average molecular weight is 399 g/mol. The van der Waals surface area contributed by atoms with Gasteiger partial charge in [-0.3, -0.25) is 4.90 Å². The average Bonchev–Trinajstić information content (AvgIpc) is 3.34. The van der Waals surface area contributed by atoms with Crippen molar-refractivity contribution < 1.29 is 23.2 Å². The van der Waals surface area contributed by atoms with Gasteiger partial charge in [0, 0.05) is 25.2 Å². The molecule has 1 amide bonds. The fraction of sp³-hybridized carbons (Fsp3) is 0.412. The number of rotatable bonds is 5. The van der Waals surface area contributed by atoms with E-state index in [1.165, 1.54) is 17.2 Å². The number of carbonyl (C=O) groups excluding carboxylic acids is 1. The number of anilines is 2. The third-order valence-electron chi connectivity index (χ3n) is 4.51. The van der Waals surface area contributed by atoms with Crippen LogP contribution in [0.2, 0.25) is 0 Å². The first-order valence-electron chi connectivity index (χ1n) is 8.41. The molecule has 0 aliphatic carbocycles. The fourth-order valence-electron chi connectivity index (χ4n) is 3.20. The van der Waals surface area contributed by atoms with E-state index in [1.54, 1.807) is 18.2 Å². The van der Waals surface area contributed by atoms with Gasteiger partial charge in [0.2, 0.25) is 0 Å². The van der Waals surface area contributed by atoms with Crippen LogP contribution in [0.3, 0.4) is 0 Å². The number of carbonyl (C=O) groups is 1. The monoisotopic (exact) mass is 398 g/mol. The van der Waals surface area contributed by atoms with Crippen molar-refractivity contribution in [1.29, 1.82) is 0 Å². The molecule has 0 radical (unpaired) electrons. The van der Waals surface area contributed by atoms with E-state index in [0.29, 0.717) is 23.8 Å². The van der Waals surface area contributed by atoms with Crippen LogP contribution >= 0.6 is 12.4 Å². The topological polar surface area (TPSA) is 94.1 Å². The summed E-state index contributed by atoms with van der Waals surface area (Å²) in [5.41, 5.74) is 6.83. The van der Waals surface area contributed by atoms with Gasteiger partial charge >= 0.3 is 6.09 Å². The van der Waals surface area contributed by atoms with Crippen LogP contribution in [0, 0.1) is 5.82 Å². The van der Waals surface area contributed by atoms with Crippen LogP contribution in [-0.2, 0) is 4.74 Å². The lowest BCUT2D eigenvalue weighted by molar-refractivity contribution is 0.102. The van der Waals surface area contributed by atoms with Gasteiger partial charge in [-0.15, -0.1) is 12.4 Å². The molecule has 2 aromatic rings. The van der Waals surface area contributed by atoms with E-state index in [2.05, 4.69) is 9.68 Å². The number of amides is 1. The van der Waals surface area contributed by atoms with Crippen molar-refractivity contribution in [2.45, 2.75) is 18.6 Å². The highest BCUT2D eigenvalue weighted by Gasteiger charge is 2.33. The summed E-state index contributed by atoms with van der Waals surface area (Å²) in [4.78, 5) is 15.4. The van der Waals surface area contributed by atoms with Crippen molar-refractivity contribution >= 4 is 29.9 Å². The van der Waals surface area contributed by atoms with E-state index >= 15 is 0 Å². The molecule has 4 rings (SSSR count). The van der Waals surface area contributed by atoms with E-state index < -0.39 is 12.2 Å². The zero-order valence-corrected chi connectivity index (χ0v) is 15.2. The Morgan fingerprint density at radius 2 is 2.19 bits per heavy atom. The van der Waals surface area contributed by atoms with Crippen LogP contribution < -0.4 is 20.3 Å². The molecular formula is C17H20ClFN4O4. The van der Waals surface area contributed by atoms with Gasteiger partial charge in [0.1, 0.15) is 18.7 Å². The summed E-state index contributed by atoms with van der Waals surface area (Å²) in [5.74, 6) is -0.0644. The summed E-state index contributed by atoms with van der Waals surface area (Å²) in [7, 11) is 0. The lowest BCUT2D eigenvalue weighted by atomic mass is 10.2. The quantitative estimate of drug-likeness (QED) is 0.824. The second-order valence-electron chi connectivity index (χ2n) is 6.40. The predicted molar refractivity (Wildman–Crippen MR) is 98.1 cm³/mol. The van der Waals surface area contributed by atoms with Crippen LogP contribution in [0.5, 0.6) is 5.88 Å². The molecule has 2 saturated heterocycles. The summed E-state index contributed by atoms with van der Waals surface area (Å²) in [6, 6.07) is 6.36. The Balaban J connectivity index is 0.00000210. The summed E-state index contributed by atoms with van der Waals surface area (Å²) < 4.78 is 29.9. The van der Waals surface area contributed by atoms with Crippen molar-refractivity contribution in [2.75, 3.05) is 36.0 Å². The largest absolute Gasteiger partial charge is 0.471 e. The molecular weight excluding hydrogens is 379 g/mol.